The van der Waals surface area contributed by atoms with Crippen LogP contribution in [-0.4, -0.2) is 23.6 Å². The zero-order valence-electron chi connectivity index (χ0n) is 13.0. The van der Waals surface area contributed by atoms with Crippen LogP contribution in [0.15, 0.2) is 16.0 Å². The second-order valence-corrected chi connectivity index (χ2v) is 6.81. The van der Waals surface area contributed by atoms with Crippen molar-refractivity contribution in [1.82, 2.24) is 5.16 Å². The van der Waals surface area contributed by atoms with Crippen molar-refractivity contribution in [2.45, 2.75) is 33.1 Å². The Labute approximate surface area is 137 Å². The van der Waals surface area contributed by atoms with Gasteiger partial charge < -0.3 is 14.6 Å². The summed E-state index contributed by atoms with van der Waals surface area (Å²) in [5.41, 5.74) is 1.69. The SMILES string of the molecule is Cc1cc(NC(=O)COC(=O)c2csc3c2CCC(C)C3)no1. The molecule has 1 unspecified atom stereocenters. The lowest BCUT2D eigenvalue weighted by molar-refractivity contribution is -0.119. The van der Waals surface area contributed by atoms with Crippen LogP contribution in [0.1, 0.15) is 39.9 Å². The first-order valence-electron chi connectivity index (χ1n) is 7.52. The lowest BCUT2D eigenvalue weighted by atomic mass is 9.88. The molecule has 0 bridgehead atoms. The molecular weight excluding hydrogens is 316 g/mol. The molecule has 0 saturated carbocycles. The minimum atomic E-state index is -0.441. The Kier molecular flexibility index (Phi) is 4.47. The van der Waals surface area contributed by atoms with Crippen LogP contribution in [-0.2, 0) is 22.4 Å². The summed E-state index contributed by atoms with van der Waals surface area (Å²) in [6.45, 7) is 3.60. The number of carbonyl (C=O) groups excluding carboxylic acids is 2. The highest BCUT2D eigenvalue weighted by Crippen LogP contribution is 2.33. The first kappa shape index (κ1) is 15.7. The average molecular weight is 334 g/mol. The summed E-state index contributed by atoms with van der Waals surface area (Å²) in [6.07, 6.45) is 2.99. The summed E-state index contributed by atoms with van der Waals surface area (Å²) < 4.78 is 9.97. The predicted octanol–water partition coefficient (Wildman–Crippen LogP) is 2.96. The van der Waals surface area contributed by atoms with Crippen molar-refractivity contribution in [3.05, 3.63) is 33.2 Å². The highest BCUT2D eigenvalue weighted by atomic mass is 32.1. The summed E-state index contributed by atoms with van der Waals surface area (Å²) >= 11 is 1.60. The second-order valence-electron chi connectivity index (χ2n) is 5.85. The number of nitrogens with one attached hydrogen (secondary N) is 1. The molecule has 1 aliphatic carbocycles. The van der Waals surface area contributed by atoms with E-state index in [1.54, 1.807) is 24.3 Å². The Hall–Kier alpha value is -2.15. The van der Waals surface area contributed by atoms with Crippen LogP contribution in [0.5, 0.6) is 0 Å². The van der Waals surface area contributed by atoms with E-state index < -0.39 is 11.9 Å². The molecule has 122 valence electrons. The normalized spacial score (nSPS) is 16.7. The number of fused-ring (bicyclic) bond motifs is 1. The van der Waals surface area contributed by atoms with Crippen molar-refractivity contribution in [1.29, 1.82) is 0 Å². The molecule has 0 spiro atoms. The summed E-state index contributed by atoms with van der Waals surface area (Å²) in [4.78, 5) is 25.2. The topological polar surface area (TPSA) is 81.4 Å². The Bertz CT molecular complexity index is 734. The molecule has 0 saturated heterocycles. The summed E-state index contributed by atoms with van der Waals surface area (Å²) in [5.74, 6) is 0.677. The third-order valence-electron chi connectivity index (χ3n) is 3.85. The number of ether oxygens (including phenoxy) is 1. The van der Waals surface area contributed by atoms with E-state index >= 15 is 0 Å². The van der Waals surface area contributed by atoms with Crippen LogP contribution in [0.4, 0.5) is 5.82 Å². The molecule has 6 nitrogen and oxygen atoms in total. The fraction of sp³-hybridized carbons (Fsp3) is 0.438. The van der Waals surface area contributed by atoms with Gasteiger partial charge in [-0.05, 0) is 37.7 Å². The lowest BCUT2D eigenvalue weighted by Crippen LogP contribution is -2.21. The van der Waals surface area contributed by atoms with Gasteiger partial charge in [-0.15, -0.1) is 11.3 Å². The monoisotopic (exact) mass is 334 g/mol. The molecule has 0 radical (unpaired) electrons. The lowest BCUT2D eigenvalue weighted by Gasteiger charge is -2.18. The van der Waals surface area contributed by atoms with Gasteiger partial charge in [0.05, 0.1) is 5.56 Å². The number of amides is 1. The number of thiophene rings is 1. The third kappa shape index (κ3) is 3.61. The number of hydrogen-bond donors (Lipinski definition) is 1. The maximum Gasteiger partial charge on any atom is 0.339 e. The van der Waals surface area contributed by atoms with Gasteiger partial charge in [-0.3, -0.25) is 4.79 Å². The van der Waals surface area contributed by atoms with Gasteiger partial charge >= 0.3 is 5.97 Å². The average Bonchev–Trinajstić information content (AvgIpc) is 3.10. The van der Waals surface area contributed by atoms with E-state index in [-0.39, 0.29) is 6.61 Å². The molecule has 1 amide bonds. The van der Waals surface area contributed by atoms with Gasteiger partial charge in [-0.1, -0.05) is 12.1 Å². The minimum absolute atomic E-state index is 0.311. The summed E-state index contributed by atoms with van der Waals surface area (Å²) in [5, 5.41) is 8.00. The molecule has 0 fully saturated rings. The maximum atomic E-state index is 12.2. The molecule has 2 heterocycles. The Morgan fingerprint density at radius 1 is 1.52 bits per heavy atom. The van der Waals surface area contributed by atoms with Gasteiger partial charge in [-0.25, -0.2) is 4.79 Å². The van der Waals surface area contributed by atoms with Gasteiger partial charge in [0, 0.05) is 16.3 Å². The number of aryl methyl sites for hydroxylation is 1. The van der Waals surface area contributed by atoms with Crippen LogP contribution in [0.3, 0.4) is 0 Å². The van der Waals surface area contributed by atoms with Gasteiger partial charge in [0.25, 0.3) is 5.91 Å². The van der Waals surface area contributed by atoms with Gasteiger partial charge in [-0.2, -0.15) is 0 Å². The van der Waals surface area contributed by atoms with Crippen molar-refractivity contribution < 1.29 is 18.8 Å². The van der Waals surface area contributed by atoms with Crippen LogP contribution in [0, 0.1) is 12.8 Å². The highest BCUT2D eigenvalue weighted by molar-refractivity contribution is 7.10. The van der Waals surface area contributed by atoms with Crippen LogP contribution < -0.4 is 5.32 Å². The zero-order chi connectivity index (χ0) is 16.4. The zero-order valence-corrected chi connectivity index (χ0v) is 13.9. The molecule has 1 N–H and O–H groups in total. The molecule has 0 aliphatic heterocycles. The van der Waals surface area contributed by atoms with Crippen molar-refractivity contribution >= 4 is 29.0 Å². The maximum absolute atomic E-state index is 12.2. The Morgan fingerprint density at radius 2 is 2.35 bits per heavy atom. The van der Waals surface area contributed by atoms with Crippen LogP contribution in [0.25, 0.3) is 0 Å². The third-order valence-corrected chi connectivity index (χ3v) is 4.90. The van der Waals surface area contributed by atoms with Crippen LogP contribution >= 0.6 is 11.3 Å². The number of nitrogens with zero attached hydrogens (tertiary/aromatic N) is 1. The fourth-order valence-corrected chi connectivity index (χ4v) is 3.90. The molecule has 2 aromatic rings. The molecular formula is C16H18N2O4S. The van der Waals surface area contributed by atoms with E-state index in [2.05, 4.69) is 17.4 Å². The number of rotatable bonds is 4. The molecule has 1 aliphatic rings. The van der Waals surface area contributed by atoms with Crippen molar-refractivity contribution in [2.75, 3.05) is 11.9 Å². The molecule has 7 heteroatoms. The Balaban J connectivity index is 1.56. The van der Waals surface area contributed by atoms with Crippen molar-refractivity contribution in [3.63, 3.8) is 0 Å². The van der Waals surface area contributed by atoms with E-state index in [9.17, 15) is 9.59 Å². The molecule has 23 heavy (non-hydrogen) atoms. The predicted molar refractivity (Wildman–Crippen MR) is 85.7 cm³/mol. The number of carbonyl (C=O) groups is 2. The molecule has 1 atom stereocenters. The standard InChI is InChI=1S/C16H18N2O4S/c1-9-3-4-11-12(8-23-13(11)5-9)16(20)21-7-15(19)17-14-6-10(2)22-18-14/h6,8-9H,3-5,7H2,1-2H3,(H,17,18,19). The van der Waals surface area contributed by atoms with Crippen molar-refractivity contribution in [2.24, 2.45) is 5.92 Å². The molecule has 0 aromatic carbocycles. The number of aromatic nitrogens is 1. The number of hydrogen-bond acceptors (Lipinski definition) is 6. The number of anilines is 1. The van der Waals surface area contributed by atoms with E-state index in [1.807, 2.05) is 5.38 Å². The van der Waals surface area contributed by atoms with Crippen molar-refractivity contribution in [3.8, 4) is 0 Å². The smallest absolute Gasteiger partial charge is 0.339 e. The van der Waals surface area contributed by atoms with Gasteiger partial charge in [0.15, 0.2) is 12.4 Å². The first-order valence-corrected chi connectivity index (χ1v) is 8.40. The largest absolute Gasteiger partial charge is 0.452 e. The fourth-order valence-electron chi connectivity index (χ4n) is 2.66. The number of esters is 1. The minimum Gasteiger partial charge on any atom is -0.452 e. The molecule has 2 aromatic heterocycles. The summed E-state index contributed by atoms with van der Waals surface area (Å²) in [7, 11) is 0. The van der Waals surface area contributed by atoms with Gasteiger partial charge in [0.2, 0.25) is 0 Å². The highest BCUT2D eigenvalue weighted by Gasteiger charge is 2.24. The van der Waals surface area contributed by atoms with E-state index in [1.165, 1.54) is 4.88 Å². The first-order chi connectivity index (χ1) is 11.0. The van der Waals surface area contributed by atoms with Crippen LogP contribution in [0.2, 0.25) is 0 Å². The van der Waals surface area contributed by atoms with E-state index in [0.717, 1.165) is 24.8 Å². The quantitative estimate of drug-likeness (QED) is 0.869. The van der Waals surface area contributed by atoms with Gasteiger partial charge in [0.1, 0.15) is 5.76 Å². The Morgan fingerprint density at radius 3 is 3.09 bits per heavy atom. The molecule has 3 rings (SSSR count). The van der Waals surface area contributed by atoms with E-state index in [4.69, 9.17) is 9.26 Å². The second kappa shape index (κ2) is 6.54. The summed E-state index contributed by atoms with van der Waals surface area (Å²) in [6, 6.07) is 1.59. The van der Waals surface area contributed by atoms with E-state index in [0.29, 0.717) is 23.1 Å².